The van der Waals surface area contributed by atoms with Gasteiger partial charge in [0.1, 0.15) is 11.9 Å². The number of aromatic amines is 1. The number of nitrogens with zero attached hydrogens (tertiary/aromatic N) is 1. The lowest BCUT2D eigenvalue weighted by molar-refractivity contribution is 0.0730. The van der Waals surface area contributed by atoms with Crippen LogP contribution in [0, 0.1) is 13.8 Å². The average Bonchev–Trinajstić information content (AvgIpc) is 3.52. The molecule has 0 spiro atoms. The molecule has 3 aromatic rings. The van der Waals surface area contributed by atoms with Gasteiger partial charge >= 0.3 is 0 Å². The second kappa shape index (κ2) is 8.52. The summed E-state index contributed by atoms with van der Waals surface area (Å²) in [4.78, 5) is 19.0. The molecule has 1 aliphatic rings. The summed E-state index contributed by atoms with van der Waals surface area (Å²) in [6, 6.07) is 14.3. The van der Waals surface area contributed by atoms with Gasteiger partial charge in [-0.05, 0) is 62.9 Å². The molecule has 1 N–H and O–H groups in total. The van der Waals surface area contributed by atoms with Crippen LogP contribution in [0.1, 0.15) is 46.9 Å². The van der Waals surface area contributed by atoms with E-state index in [2.05, 4.69) is 31.0 Å². The number of hydrogen-bond acceptors (Lipinski definition) is 3. The van der Waals surface area contributed by atoms with Crippen molar-refractivity contribution in [1.29, 1.82) is 0 Å². The van der Waals surface area contributed by atoms with E-state index >= 15 is 0 Å². The summed E-state index contributed by atoms with van der Waals surface area (Å²) in [5.74, 6) is 0.890. The molecule has 30 heavy (non-hydrogen) atoms. The summed E-state index contributed by atoms with van der Waals surface area (Å²) in [5, 5.41) is 1.12. The Balaban J connectivity index is 1.59. The summed E-state index contributed by atoms with van der Waals surface area (Å²) in [5.41, 5.74) is 5.07. The van der Waals surface area contributed by atoms with Crippen LogP contribution in [0.3, 0.4) is 0 Å². The highest BCUT2D eigenvalue weighted by Crippen LogP contribution is 2.32. The third-order valence-corrected chi connectivity index (χ3v) is 5.81. The molecule has 1 fully saturated rings. The number of rotatable bonds is 8. The normalized spacial score (nSPS) is 14.7. The molecule has 158 valence electrons. The van der Waals surface area contributed by atoms with Crippen LogP contribution >= 0.6 is 0 Å². The number of fused-ring (bicyclic) bond motifs is 1. The van der Waals surface area contributed by atoms with Crippen molar-refractivity contribution in [3.8, 4) is 5.75 Å². The molecule has 4 rings (SSSR count). The largest absolute Gasteiger partial charge is 0.488 e. The zero-order valence-electron chi connectivity index (χ0n) is 18.2. The van der Waals surface area contributed by atoms with Crippen molar-refractivity contribution in [3.05, 3.63) is 64.8 Å². The Labute approximate surface area is 178 Å². The molecule has 0 aliphatic heterocycles. The Morgan fingerprint density at radius 3 is 2.70 bits per heavy atom. The topological polar surface area (TPSA) is 54.6 Å². The molecule has 1 heterocycles. The number of amides is 1. The van der Waals surface area contributed by atoms with E-state index in [9.17, 15) is 4.79 Å². The van der Waals surface area contributed by atoms with Crippen LogP contribution in [0.4, 0.5) is 0 Å². The fraction of sp³-hybridized carbons (Fsp3) is 0.400. The summed E-state index contributed by atoms with van der Waals surface area (Å²) in [6.07, 6.45) is 2.10. The number of carbonyl (C=O) groups is 1. The third kappa shape index (κ3) is 4.21. The maximum atomic E-state index is 13.6. The number of methoxy groups -OCH3 is 1. The predicted molar refractivity (Wildman–Crippen MR) is 119 cm³/mol. The number of carbonyl (C=O) groups excluding carboxylic acids is 1. The van der Waals surface area contributed by atoms with E-state index in [1.54, 1.807) is 7.11 Å². The van der Waals surface area contributed by atoms with Gasteiger partial charge in [0.2, 0.25) is 0 Å². The molecular formula is C25H30N2O3. The summed E-state index contributed by atoms with van der Waals surface area (Å²) in [6.45, 7) is 7.25. The summed E-state index contributed by atoms with van der Waals surface area (Å²) in [7, 11) is 1.67. The molecule has 1 aromatic heterocycles. The van der Waals surface area contributed by atoms with Gasteiger partial charge in [0.25, 0.3) is 5.91 Å². The first-order chi connectivity index (χ1) is 14.5. The standard InChI is InChI=1S/C25H30N2O3/c1-16(15-29-4)30-21-8-5-7-19(13-21)14-27(20-11-12-20)25(28)23-10-6-9-22-17(2)18(3)26-24(22)23/h5-10,13,16,20,26H,11-12,14-15H2,1-4H3. The lowest BCUT2D eigenvalue weighted by atomic mass is 10.1. The van der Waals surface area contributed by atoms with Crippen LogP contribution in [0.15, 0.2) is 42.5 Å². The van der Waals surface area contributed by atoms with Crippen molar-refractivity contribution in [3.63, 3.8) is 0 Å². The zero-order valence-corrected chi connectivity index (χ0v) is 18.2. The number of ether oxygens (including phenoxy) is 2. The first kappa shape index (κ1) is 20.5. The van der Waals surface area contributed by atoms with Crippen LogP contribution in [0.25, 0.3) is 10.9 Å². The molecule has 1 saturated carbocycles. The van der Waals surface area contributed by atoms with Gasteiger partial charge in [0.15, 0.2) is 0 Å². The van der Waals surface area contributed by atoms with Gasteiger partial charge in [-0.1, -0.05) is 24.3 Å². The Hall–Kier alpha value is -2.79. The molecule has 5 heteroatoms. The number of aryl methyl sites for hydroxylation is 2. The van der Waals surface area contributed by atoms with Crippen molar-refractivity contribution < 1.29 is 14.3 Å². The van der Waals surface area contributed by atoms with E-state index in [0.717, 1.165) is 46.3 Å². The van der Waals surface area contributed by atoms with Crippen LogP contribution in [0.5, 0.6) is 5.75 Å². The van der Waals surface area contributed by atoms with Crippen LogP contribution in [0.2, 0.25) is 0 Å². The first-order valence-electron chi connectivity index (χ1n) is 10.6. The maximum absolute atomic E-state index is 13.6. The van der Waals surface area contributed by atoms with Crippen molar-refractivity contribution in [1.82, 2.24) is 9.88 Å². The molecule has 1 aliphatic carbocycles. The Morgan fingerprint density at radius 2 is 1.97 bits per heavy atom. The number of nitrogens with one attached hydrogen (secondary N) is 1. The molecule has 0 radical (unpaired) electrons. The number of H-pyrrole nitrogens is 1. The highest BCUT2D eigenvalue weighted by Gasteiger charge is 2.34. The summed E-state index contributed by atoms with van der Waals surface area (Å²) >= 11 is 0. The number of hydrogen-bond donors (Lipinski definition) is 1. The van der Waals surface area contributed by atoms with Gasteiger partial charge in [-0.3, -0.25) is 4.79 Å². The van der Waals surface area contributed by atoms with Gasteiger partial charge in [-0.2, -0.15) is 0 Å². The summed E-state index contributed by atoms with van der Waals surface area (Å²) < 4.78 is 11.1. The quantitative estimate of drug-likeness (QED) is 0.572. The SMILES string of the molecule is COCC(C)Oc1cccc(CN(C(=O)c2cccc3c(C)c(C)[nH]c23)C2CC2)c1. The van der Waals surface area contributed by atoms with Crippen LogP contribution < -0.4 is 4.74 Å². The molecule has 1 atom stereocenters. The smallest absolute Gasteiger partial charge is 0.256 e. The van der Waals surface area contributed by atoms with Gasteiger partial charge in [0.05, 0.1) is 17.7 Å². The lowest BCUT2D eigenvalue weighted by Gasteiger charge is -2.23. The predicted octanol–water partition coefficient (Wildman–Crippen LogP) is 5.00. The molecule has 0 saturated heterocycles. The Kier molecular flexibility index (Phi) is 5.82. The Bertz CT molecular complexity index is 1050. The van der Waals surface area contributed by atoms with Crippen molar-refractivity contribution in [2.24, 2.45) is 0 Å². The van der Waals surface area contributed by atoms with Crippen molar-refractivity contribution >= 4 is 16.8 Å². The van der Waals surface area contributed by atoms with E-state index in [-0.39, 0.29) is 12.0 Å². The number of benzene rings is 2. The minimum absolute atomic E-state index is 0.0247. The van der Waals surface area contributed by atoms with E-state index in [1.165, 1.54) is 5.56 Å². The highest BCUT2D eigenvalue weighted by molar-refractivity contribution is 6.06. The monoisotopic (exact) mass is 406 g/mol. The molecule has 5 nitrogen and oxygen atoms in total. The fourth-order valence-corrected chi connectivity index (χ4v) is 3.98. The van der Waals surface area contributed by atoms with Gasteiger partial charge < -0.3 is 19.4 Å². The van der Waals surface area contributed by atoms with Crippen LogP contribution in [-0.4, -0.2) is 41.7 Å². The zero-order chi connectivity index (χ0) is 21.3. The van der Waals surface area contributed by atoms with E-state index in [4.69, 9.17) is 9.47 Å². The van der Waals surface area contributed by atoms with E-state index in [1.807, 2.05) is 42.2 Å². The molecular weight excluding hydrogens is 376 g/mol. The molecule has 1 unspecified atom stereocenters. The minimum Gasteiger partial charge on any atom is -0.488 e. The fourth-order valence-electron chi connectivity index (χ4n) is 3.98. The average molecular weight is 407 g/mol. The maximum Gasteiger partial charge on any atom is 0.256 e. The highest BCUT2D eigenvalue weighted by atomic mass is 16.5. The second-order valence-electron chi connectivity index (χ2n) is 8.30. The minimum atomic E-state index is -0.0247. The van der Waals surface area contributed by atoms with Crippen molar-refractivity contribution in [2.45, 2.75) is 52.3 Å². The van der Waals surface area contributed by atoms with Crippen molar-refractivity contribution in [2.75, 3.05) is 13.7 Å². The third-order valence-electron chi connectivity index (χ3n) is 5.81. The van der Waals surface area contributed by atoms with E-state index < -0.39 is 0 Å². The van der Waals surface area contributed by atoms with Gasteiger partial charge in [-0.15, -0.1) is 0 Å². The lowest BCUT2D eigenvalue weighted by Crippen LogP contribution is -2.32. The van der Waals surface area contributed by atoms with E-state index in [0.29, 0.717) is 19.2 Å². The van der Waals surface area contributed by atoms with Crippen LogP contribution in [-0.2, 0) is 11.3 Å². The van der Waals surface area contributed by atoms with Gasteiger partial charge in [-0.25, -0.2) is 0 Å². The van der Waals surface area contributed by atoms with Gasteiger partial charge in [0, 0.05) is 30.8 Å². The molecule has 0 bridgehead atoms. The number of para-hydroxylation sites is 1. The second-order valence-corrected chi connectivity index (χ2v) is 8.30. The number of aromatic nitrogens is 1. The Morgan fingerprint density at radius 1 is 1.20 bits per heavy atom. The molecule has 2 aromatic carbocycles. The molecule has 1 amide bonds. The first-order valence-corrected chi connectivity index (χ1v) is 10.6.